The molecule has 2 atom stereocenters. The van der Waals surface area contributed by atoms with Gasteiger partial charge in [-0.2, -0.15) is 0 Å². The smallest absolute Gasteiger partial charge is 0.220 e. The van der Waals surface area contributed by atoms with Crippen molar-refractivity contribution in [3.63, 3.8) is 0 Å². The van der Waals surface area contributed by atoms with Crippen LogP contribution in [-0.4, -0.2) is 34.9 Å². The highest BCUT2D eigenvalue weighted by Crippen LogP contribution is 2.14. The van der Waals surface area contributed by atoms with Crippen molar-refractivity contribution in [3.05, 3.63) is 134 Å². The molecule has 0 heterocycles. The number of allylic oxidation sites excluding steroid dienone is 21. The number of carbonyl (C=O) groups excluding carboxylic acids is 1. The van der Waals surface area contributed by atoms with Gasteiger partial charge in [0.2, 0.25) is 5.91 Å². The highest BCUT2D eigenvalue weighted by Gasteiger charge is 2.17. The molecule has 338 valence electrons. The van der Waals surface area contributed by atoms with Crippen LogP contribution in [0.1, 0.15) is 194 Å². The standard InChI is InChI=1S/C56H91NO3/c1-3-5-7-9-11-13-15-16-17-18-19-20-21-22-23-24-25-26-27-28-29-30-31-32-33-34-35-36-37-38-39-40-42-44-46-48-50-52-56(60)57-54(53-58)55(59)51-49-47-45-43-41-14-12-10-8-6-4-2/h5,7-8,10-11,13,16-17,19-20,22-23,25-26,28-29,31-32,41,43,49,51,54-55,58-59H,3-4,6,9,12,14-15,18,21,24,27,30,33-40,42,44-48,50,52-53H2,1-2H3,(H,57,60)/b7-5-,10-8+,13-11-,17-16-,20-19-,23-22-,26-25-,29-28-,32-31-,43-41+,51-49+. The molecule has 2 unspecified atom stereocenters. The van der Waals surface area contributed by atoms with Crippen molar-refractivity contribution in [2.45, 2.75) is 206 Å². The van der Waals surface area contributed by atoms with Crippen molar-refractivity contribution in [1.29, 1.82) is 0 Å². The highest BCUT2D eigenvalue weighted by atomic mass is 16.3. The number of aliphatic hydroxyl groups is 2. The van der Waals surface area contributed by atoms with Crippen molar-refractivity contribution in [1.82, 2.24) is 5.32 Å². The fraction of sp³-hybridized carbons (Fsp3) is 0.589. The lowest BCUT2D eigenvalue weighted by Crippen LogP contribution is -2.45. The molecule has 0 aliphatic carbocycles. The maximum absolute atomic E-state index is 12.4. The van der Waals surface area contributed by atoms with Gasteiger partial charge in [0.25, 0.3) is 0 Å². The van der Waals surface area contributed by atoms with Gasteiger partial charge in [-0.1, -0.05) is 218 Å². The van der Waals surface area contributed by atoms with E-state index in [4.69, 9.17) is 0 Å². The van der Waals surface area contributed by atoms with E-state index in [0.29, 0.717) is 6.42 Å². The summed E-state index contributed by atoms with van der Waals surface area (Å²) in [5.74, 6) is -0.0889. The van der Waals surface area contributed by atoms with E-state index in [1.807, 2.05) is 6.08 Å². The molecule has 0 aromatic carbocycles. The van der Waals surface area contributed by atoms with E-state index in [9.17, 15) is 15.0 Å². The maximum Gasteiger partial charge on any atom is 0.220 e. The third-order valence-corrected chi connectivity index (χ3v) is 10.1. The Morgan fingerprint density at radius 3 is 1.15 bits per heavy atom. The van der Waals surface area contributed by atoms with Gasteiger partial charge in [-0.15, -0.1) is 0 Å². The molecule has 3 N–H and O–H groups in total. The second kappa shape index (κ2) is 49.9. The number of hydrogen-bond donors (Lipinski definition) is 3. The van der Waals surface area contributed by atoms with Crippen molar-refractivity contribution < 1.29 is 15.0 Å². The summed E-state index contributed by atoms with van der Waals surface area (Å²) in [5, 5.41) is 22.9. The molecule has 0 aliphatic heterocycles. The zero-order valence-corrected chi connectivity index (χ0v) is 38.7. The SMILES string of the molecule is CC/C=C\C/C=C\C/C=C\C/C=C\C/C=C\C/C=C\C/C=C\C/C=C\CCCCCCCCCCCCCCC(=O)NC(CO)C(O)/C=C/CC/C=C/CC/C=C/CCC. The zero-order valence-electron chi connectivity index (χ0n) is 38.7. The van der Waals surface area contributed by atoms with Crippen LogP contribution in [0.2, 0.25) is 0 Å². The lowest BCUT2D eigenvalue weighted by Gasteiger charge is -2.19. The molecule has 0 aromatic heterocycles. The van der Waals surface area contributed by atoms with Gasteiger partial charge >= 0.3 is 0 Å². The summed E-state index contributed by atoms with van der Waals surface area (Å²) in [4.78, 5) is 12.4. The Morgan fingerprint density at radius 1 is 0.417 bits per heavy atom. The molecular weight excluding hydrogens is 735 g/mol. The first kappa shape index (κ1) is 56.5. The van der Waals surface area contributed by atoms with Gasteiger partial charge in [0.15, 0.2) is 0 Å². The van der Waals surface area contributed by atoms with E-state index in [0.717, 1.165) is 96.3 Å². The molecule has 0 aromatic rings. The Hall–Kier alpha value is -3.47. The molecule has 0 spiro atoms. The van der Waals surface area contributed by atoms with Crippen LogP contribution in [-0.2, 0) is 4.79 Å². The fourth-order valence-corrected chi connectivity index (χ4v) is 6.41. The molecule has 4 nitrogen and oxygen atoms in total. The molecular formula is C56H91NO3. The molecule has 0 rings (SSSR count). The first-order valence-corrected chi connectivity index (χ1v) is 24.4. The van der Waals surface area contributed by atoms with Crippen LogP contribution >= 0.6 is 0 Å². The molecule has 0 bridgehead atoms. The van der Waals surface area contributed by atoms with Crippen LogP contribution in [0, 0.1) is 0 Å². The van der Waals surface area contributed by atoms with E-state index < -0.39 is 12.1 Å². The number of amides is 1. The number of aliphatic hydroxyl groups excluding tert-OH is 2. The van der Waals surface area contributed by atoms with Crippen LogP contribution in [0.15, 0.2) is 134 Å². The first-order chi connectivity index (χ1) is 29.7. The predicted octanol–water partition coefficient (Wildman–Crippen LogP) is 15.9. The Labute approximate surface area is 371 Å². The van der Waals surface area contributed by atoms with Crippen LogP contribution in [0.3, 0.4) is 0 Å². The van der Waals surface area contributed by atoms with Gasteiger partial charge in [0, 0.05) is 6.42 Å². The van der Waals surface area contributed by atoms with E-state index in [2.05, 4.69) is 141 Å². The molecule has 60 heavy (non-hydrogen) atoms. The number of nitrogens with one attached hydrogen (secondary N) is 1. The lowest BCUT2D eigenvalue weighted by atomic mass is 10.0. The van der Waals surface area contributed by atoms with Gasteiger partial charge in [0.1, 0.15) is 0 Å². The first-order valence-electron chi connectivity index (χ1n) is 24.4. The van der Waals surface area contributed by atoms with Crippen LogP contribution in [0.25, 0.3) is 0 Å². The van der Waals surface area contributed by atoms with Crippen molar-refractivity contribution in [3.8, 4) is 0 Å². The monoisotopic (exact) mass is 826 g/mol. The molecule has 4 heteroatoms. The molecule has 0 radical (unpaired) electrons. The van der Waals surface area contributed by atoms with Gasteiger partial charge in [0.05, 0.1) is 18.8 Å². The van der Waals surface area contributed by atoms with E-state index in [1.54, 1.807) is 6.08 Å². The minimum Gasteiger partial charge on any atom is -0.394 e. The van der Waals surface area contributed by atoms with E-state index >= 15 is 0 Å². The summed E-state index contributed by atoms with van der Waals surface area (Å²) in [5.41, 5.74) is 0. The number of hydrogen-bond acceptors (Lipinski definition) is 3. The summed E-state index contributed by atoms with van der Waals surface area (Å²) in [7, 11) is 0. The van der Waals surface area contributed by atoms with E-state index in [-0.39, 0.29) is 12.5 Å². The average molecular weight is 826 g/mol. The third kappa shape index (κ3) is 45.6. The van der Waals surface area contributed by atoms with Crippen LogP contribution in [0.5, 0.6) is 0 Å². The van der Waals surface area contributed by atoms with Gasteiger partial charge in [-0.3, -0.25) is 4.79 Å². The maximum atomic E-state index is 12.4. The summed E-state index contributed by atoms with van der Waals surface area (Å²) < 4.78 is 0. The minimum atomic E-state index is -0.877. The second-order valence-corrected chi connectivity index (χ2v) is 15.8. The van der Waals surface area contributed by atoms with Crippen LogP contribution in [0.4, 0.5) is 0 Å². The van der Waals surface area contributed by atoms with Gasteiger partial charge in [-0.05, 0) is 103 Å². The van der Waals surface area contributed by atoms with Crippen molar-refractivity contribution in [2.75, 3.05) is 6.61 Å². The second-order valence-electron chi connectivity index (χ2n) is 15.8. The normalized spacial score (nSPS) is 14.1. The topological polar surface area (TPSA) is 69.6 Å². The third-order valence-electron chi connectivity index (χ3n) is 10.1. The molecule has 0 saturated carbocycles. The van der Waals surface area contributed by atoms with Crippen molar-refractivity contribution in [2.24, 2.45) is 0 Å². The van der Waals surface area contributed by atoms with E-state index in [1.165, 1.54) is 77.0 Å². The molecule has 0 aliphatic rings. The summed E-state index contributed by atoms with van der Waals surface area (Å²) in [6, 6.07) is -0.653. The Morgan fingerprint density at radius 2 is 0.750 bits per heavy atom. The Kier molecular flexibility index (Phi) is 47.0. The van der Waals surface area contributed by atoms with Crippen LogP contribution < -0.4 is 5.32 Å². The fourth-order valence-electron chi connectivity index (χ4n) is 6.41. The number of carbonyl (C=O) groups is 1. The quantitative estimate of drug-likeness (QED) is 0.0424. The largest absolute Gasteiger partial charge is 0.394 e. The lowest BCUT2D eigenvalue weighted by molar-refractivity contribution is -0.123. The molecule has 0 fully saturated rings. The predicted molar refractivity (Wildman–Crippen MR) is 266 cm³/mol. The Bertz CT molecular complexity index is 1260. The summed E-state index contributed by atoms with van der Waals surface area (Å²) >= 11 is 0. The van der Waals surface area contributed by atoms with Gasteiger partial charge < -0.3 is 15.5 Å². The van der Waals surface area contributed by atoms with Crippen molar-refractivity contribution >= 4 is 5.91 Å². The summed E-state index contributed by atoms with van der Waals surface area (Å²) in [6.07, 6.45) is 78.7. The van der Waals surface area contributed by atoms with Gasteiger partial charge in [-0.25, -0.2) is 0 Å². The minimum absolute atomic E-state index is 0.0889. The number of rotatable bonds is 42. The number of unbranched alkanes of at least 4 members (excludes halogenated alkanes) is 15. The molecule has 1 amide bonds. The zero-order chi connectivity index (χ0) is 43.5. The summed E-state index contributed by atoms with van der Waals surface area (Å²) in [6.45, 7) is 4.08. The molecule has 0 saturated heterocycles. The Balaban J connectivity index is 3.60. The highest BCUT2D eigenvalue weighted by molar-refractivity contribution is 5.76. The average Bonchev–Trinajstić information content (AvgIpc) is 3.25.